The summed E-state index contributed by atoms with van der Waals surface area (Å²) < 4.78 is 0. The molecule has 1 aromatic carbocycles. The molecule has 1 fully saturated rings. The number of aliphatic hydroxyl groups excluding tert-OH is 1. The van der Waals surface area contributed by atoms with Crippen molar-refractivity contribution in [1.82, 2.24) is 4.90 Å². The van der Waals surface area contributed by atoms with Crippen molar-refractivity contribution in [2.45, 2.75) is 38.3 Å². The van der Waals surface area contributed by atoms with Crippen molar-refractivity contribution in [3.63, 3.8) is 0 Å². The van der Waals surface area contributed by atoms with Gasteiger partial charge in [-0.1, -0.05) is 6.92 Å². The number of aliphatic hydroxyl groups is 1. The Labute approximate surface area is 135 Å². The van der Waals surface area contributed by atoms with Crippen molar-refractivity contribution >= 4 is 11.4 Å². The Bertz CT molecular complexity index is 591. The van der Waals surface area contributed by atoms with E-state index in [2.05, 4.69) is 10.2 Å². The molecule has 124 valence electrons. The zero-order valence-electron chi connectivity index (χ0n) is 13.2. The maximum absolute atomic E-state index is 10.8. The van der Waals surface area contributed by atoms with Gasteiger partial charge in [0.15, 0.2) is 0 Å². The maximum atomic E-state index is 10.8. The molecule has 0 bridgehead atoms. The standard InChI is InChI=1S/C16H22N4O3/c1-2-15(21)11-19-7-5-13(6-8-19)18-14-3-4-16(20(22)23)12(9-14)10-17/h3-4,9,13,15,18,21H,2,5-8,11H2,1H3/t15-/m0/s1. The van der Waals surface area contributed by atoms with E-state index in [4.69, 9.17) is 5.26 Å². The Morgan fingerprint density at radius 1 is 1.52 bits per heavy atom. The summed E-state index contributed by atoms with van der Waals surface area (Å²) in [5.74, 6) is 0. The first-order valence-electron chi connectivity index (χ1n) is 7.89. The van der Waals surface area contributed by atoms with Crippen molar-refractivity contribution in [2.75, 3.05) is 25.0 Å². The van der Waals surface area contributed by atoms with E-state index in [0.717, 1.165) is 38.0 Å². The lowest BCUT2D eigenvalue weighted by Gasteiger charge is -2.33. The number of nitro benzene ring substituents is 1. The van der Waals surface area contributed by atoms with Gasteiger partial charge in [-0.25, -0.2) is 0 Å². The van der Waals surface area contributed by atoms with E-state index in [1.165, 1.54) is 12.1 Å². The Hall–Kier alpha value is -2.17. The number of benzene rings is 1. The van der Waals surface area contributed by atoms with Crippen LogP contribution in [0.2, 0.25) is 0 Å². The van der Waals surface area contributed by atoms with Gasteiger partial charge in [0.25, 0.3) is 5.69 Å². The minimum absolute atomic E-state index is 0.0727. The fraction of sp³-hybridized carbons (Fsp3) is 0.562. The molecule has 7 nitrogen and oxygen atoms in total. The Balaban J connectivity index is 1.92. The van der Waals surface area contributed by atoms with Gasteiger partial charge >= 0.3 is 0 Å². The average Bonchev–Trinajstić information content (AvgIpc) is 2.56. The monoisotopic (exact) mass is 318 g/mol. The fourth-order valence-corrected chi connectivity index (χ4v) is 2.80. The highest BCUT2D eigenvalue weighted by Gasteiger charge is 2.21. The highest BCUT2D eigenvalue weighted by Crippen LogP contribution is 2.24. The van der Waals surface area contributed by atoms with E-state index >= 15 is 0 Å². The number of hydrogen-bond acceptors (Lipinski definition) is 6. The van der Waals surface area contributed by atoms with Crippen LogP contribution in [-0.2, 0) is 0 Å². The molecule has 1 aliphatic rings. The number of nitrogens with zero attached hydrogens (tertiary/aromatic N) is 3. The fourth-order valence-electron chi connectivity index (χ4n) is 2.80. The molecule has 0 amide bonds. The van der Waals surface area contributed by atoms with Crippen LogP contribution in [0.1, 0.15) is 31.7 Å². The first-order chi connectivity index (χ1) is 11.0. The third-order valence-electron chi connectivity index (χ3n) is 4.21. The van der Waals surface area contributed by atoms with Crippen LogP contribution < -0.4 is 5.32 Å². The summed E-state index contributed by atoms with van der Waals surface area (Å²) in [6.45, 7) is 4.50. The highest BCUT2D eigenvalue weighted by molar-refractivity contribution is 5.59. The molecule has 7 heteroatoms. The van der Waals surface area contributed by atoms with Gasteiger partial charge in [-0.3, -0.25) is 10.1 Å². The molecule has 23 heavy (non-hydrogen) atoms. The van der Waals surface area contributed by atoms with Crippen molar-refractivity contribution in [2.24, 2.45) is 0 Å². The van der Waals surface area contributed by atoms with E-state index in [1.807, 2.05) is 13.0 Å². The van der Waals surface area contributed by atoms with Gasteiger partial charge < -0.3 is 15.3 Å². The van der Waals surface area contributed by atoms with Crippen LogP contribution in [-0.4, -0.2) is 46.7 Å². The summed E-state index contributed by atoms with van der Waals surface area (Å²) in [4.78, 5) is 12.6. The van der Waals surface area contributed by atoms with Gasteiger partial charge in [-0.05, 0) is 31.4 Å². The van der Waals surface area contributed by atoms with Gasteiger partial charge in [0.1, 0.15) is 11.6 Å². The normalized spacial score (nSPS) is 17.4. The number of nitriles is 1. The molecule has 1 heterocycles. The number of anilines is 1. The number of likely N-dealkylation sites (tertiary alicyclic amines) is 1. The Morgan fingerprint density at radius 2 is 2.22 bits per heavy atom. The number of nitrogens with one attached hydrogen (secondary N) is 1. The molecule has 2 rings (SSSR count). The van der Waals surface area contributed by atoms with Crippen molar-refractivity contribution in [1.29, 1.82) is 5.26 Å². The summed E-state index contributed by atoms with van der Waals surface area (Å²) in [5.41, 5.74) is 0.643. The van der Waals surface area contributed by atoms with Crippen molar-refractivity contribution in [3.05, 3.63) is 33.9 Å². The lowest BCUT2D eigenvalue weighted by molar-refractivity contribution is -0.385. The molecule has 1 aliphatic heterocycles. The first-order valence-corrected chi connectivity index (χ1v) is 7.89. The number of β-amino-alcohol motifs (C(OH)–C–C–N with tert-alkyl or cyclic N) is 1. The van der Waals surface area contributed by atoms with Gasteiger partial charge in [0.2, 0.25) is 0 Å². The number of hydrogen-bond donors (Lipinski definition) is 2. The molecule has 0 spiro atoms. The molecule has 0 aromatic heterocycles. The van der Waals surface area contributed by atoms with Crippen LogP contribution >= 0.6 is 0 Å². The van der Waals surface area contributed by atoms with E-state index in [1.54, 1.807) is 6.07 Å². The maximum Gasteiger partial charge on any atom is 0.287 e. The van der Waals surface area contributed by atoms with Crippen LogP contribution in [0.5, 0.6) is 0 Å². The summed E-state index contributed by atoms with van der Waals surface area (Å²) >= 11 is 0. The molecule has 0 unspecified atom stereocenters. The zero-order chi connectivity index (χ0) is 16.8. The summed E-state index contributed by atoms with van der Waals surface area (Å²) in [7, 11) is 0. The minimum atomic E-state index is -0.542. The third kappa shape index (κ3) is 4.65. The molecule has 0 aliphatic carbocycles. The van der Waals surface area contributed by atoms with Crippen LogP contribution in [0.15, 0.2) is 18.2 Å². The molecular formula is C16H22N4O3. The highest BCUT2D eigenvalue weighted by atomic mass is 16.6. The number of rotatable bonds is 6. The Kier molecular flexibility index (Phi) is 5.90. The lowest BCUT2D eigenvalue weighted by Crippen LogP contribution is -2.42. The van der Waals surface area contributed by atoms with Crippen LogP contribution in [0, 0.1) is 21.4 Å². The van der Waals surface area contributed by atoms with Crippen LogP contribution in [0.3, 0.4) is 0 Å². The summed E-state index contributed by atoms with van der Waals surface area (Å²) in [6.07, 6.45) is 2.37. The number of nitro groups is 1. The minimum Gasteiger partial charge on any atom is -0.392 e. The van der Waals surface area contributed by atoms with E-state index in [-0.39, 0.29) is 23.4 Å². The van der Waals surface area contributed by atoms with Gasteiger partial charge in [0.05, 0.1) is 11.0 Å². The second-order valence-electron chi connectivity index (χ2n) is 5.88. The van der Waals surface area contributed by atoms with Crippen molar-refractivity contribution < 1.29 is 10.0 Å². The molecule has 2 N–H and O–H groups in total. The van der Waals surface area contributed by atoms with Gasteiger partial charge in [0, 0.05) is 37.4 Å². The van der Waals surface area contributed by atoms with Crippen molar-refractivity contribution in [3.8, 4) is 6.07 Å². The van der Waals surface area contributed by atoms with E-state index in [9.17, 15) is 15.2 Å². The topological polar surface area (TPSA) is 102 Å². The number of piperidine rings is 1. The molecule has 1 aromatic rings. The largest absolute Gasteiger partial charge is 0.392 e. The molecular weight excluding hydrogens is 296 g/mol. The molecule has 0 saturated carbocycles. The predicted molar refractivity (Wildman–Crippen MR) is 87.2 cm³/mol. The van der Waals surface area contributed by atoms with Crippen LogP contribution in [0.4, 0.5) is 11.4 Å². The SMILES string of the molecule is CC[C@H](O)CN1CCC(Nc2ccc([N+](=O)[O-])c(C#N)c2)CC1. The summed E-state index contributed by atoms with van der Waals surface area (Å²) in [5, 5.41) is 32.9. The first kappa shape index (κ1) is 17.2. The lowest BCUT2D eigenvalue weighted by atomic mass is 10.0. The molecule has 1 atom stereocenters. The third-order valence-corrected chi connectivity index (χ3v) is 4.21. The summed E-state index contributed by atoms with van der Waals surface area (Å²) in [6, 6.07) is 6.69. The van der Waals surface area contributed by atoms with E-state index < -0.39 is 4.92 Å². The van der Waals surface area contributed by atoms with Gasteiger partial charge in [-0.2, -0.15) is 5.26 Å². The second kappa shape index (κ2) is 7.90. The smallest absolute Gasteiger partial charge is 0.287 e. The molecule has 1 saturated heterocycles. The quantitative estimate of drug-likeness (QED) is 0.615. The molecule has 0 radical (unpaired) electrons. The van der Waals surface area contributed by atoms with Gasteiger partial charge in [-0.15, -0.1) is 0 Å². The predicted octanol–water partition coefficient (Wildman–Crippen LogP) is 2.11. The Morgan fingerprint density at radius 3 is 2.78 bits per heavy atom. The average molecular weight is 318 g/mol. The van der Waals surface area contributed by atoms with Crippen LogP contribution in [0.25, 0.3) is 0 Å². The van der Waals surface area contributed by atoms with E-state index in [0.29, 0.717) is 6.54 Å². The zero-order valence-corrected chi connectivity index (χ0v) is 13.2. The second-order valence-corrected chi connectivity index (χ2v) is 5.88.